The van der Waals surface area contributed by atoms with Gasteiger partial charge in [0.05, 0.1) is 23.9 Å². The third-order valence-electron chi connectivity index (χ3n) is 6.73. The molecule has 1 heterocycles. The Kier molecular flexibility index (Phi) is 5.70. The van der Waals surface area contributed by atoms with Crippen LogP contribution in [0.1, 0.15) is 44.1 Å². The predicted molar refractivity (Wildman–Crippen MR) is 126 cm³/mol. The van der Waals surface area contributed by atoms with E-state index in [1.165, 1.54) is 26.0 Å². The number of hydrogen-bond acceptors (Lipinski definition) is 6. The van der Waals surface area contributed by atoms with Gasteiger partial charge in [0.15, 0.2) is 0 Å². The van der Waals surface area contributed by atoms with E-state index in [1.54, 1.807) is 30.3 Å². The summed E-state index contributed by atoms with van der Waals surface area (Å²) >= 11 is 0. The first kappa shape index (κ1) is 22.0. The van der Waals surface area contributed by atoms with Crippen LogP contribution in [0.2, 0.25) is 0 Å². The molecule has 0 aromatic heterocycles. The Labute approximate surface area is 194 Å². The second-order valence-electron chi connectivity index (χ2n) is 8.97. The largest absolute Gasteiger partial charge is 0.495 e. The van der Waals surface area contributed by atoms with Crippen molar-refractivity contribution >= 4 is 27.3 Å². The van der Waals surface area contributed by atoms with Gasteiger partial charge in [-0.1, -0.05) is 25.0 Å². The molecule has 33 heavy (non-hydrogen) atoms. The van der Waals surface area contributed by atoms with E-state index in [4.69, 9.17) is 9.47 Å². The van der Waals surface area contributed by atoms with Crippen molar-refractivity contribution in [3.05, 3.63) is 42.0 Å². The summed E-state index contributed by atoms with van der Waals surface area (Å²) in [5.74, 6) is 0.721. The van der Waals surface area contributed by atoms with Gasteiger partial charge in [0.2, 0.25) is 5.91 Å². The maximum atomic E-state index is 13.2. The number of nitrogens with one attached hydrogen (secondary N) is 3. The molecule has 2 fully saturated rings. The highest BCUT2D eigenvalue weighted by Gasteiger charge is 2.49. The Morgan fingerprint density at radius 2 is 1.88 bits per heavy atom. The molecule has 9 heteroatoms. The average molecular weight is 472 g/mol. The molecule has 0 atom stereocenters. The van der Waals surface area contributed by atoms with Crippen LogP contribution in [0.25, 0.3) is 0 Å². The van der Waals surface area contributed by atoms with E-state index in [1.807, 2.05) is 0 Å². The van der Waals surface area contributed by atoms with Crippen LogP contribution < -0.4 is 24.8 Å². The van der Waals surface area contributed by atoms with Crippen LogP contribution >= 0.6 is 0 Å². The minimum Gasteiger partial charge on any atom is -0.495 e. The second kappa shape index (κ2) is 8.53. The molecule has 1 amide bonds. The molecule has 0 radical (unpaired) electrons. The van der Waals surface area contributed by atoms with Gasteiger partial charge in [-0.2, -0.15) is 0 Å². The van der Waals surface area contributed by atoms with Gasteiger partial charge in [-0.15, -0.1) is 0 Å². The number of sulfonamides is 1. The molecule has 1 spiro atoms. The lowest BCUT2D eigenvalue weighted by atomic mass is 9.80. The van der Waals surface area contributed by atoms with Gasteiger partial charge in [-0.3, -0.25) is 9.52 Å². The lowest BCUT2D eigenvalue weighted by Crippen LogP contribution is -2.31. The number of para-hydroxylation sites is 1. The number of fused-ring (bicyclic) bond motifs is 2. The molecule has 0 bridgehead atoms. The number of carbonyl (C=O) groups is 1. The van der Waals surface area contributed by atoms with Gasteiger partial charge >= 0.3 is 0 Å². The number of rotatable bonds is 9. The smallest absolute Gasteiger partial charge is 0.265 e. The maximum absolute atomic E-state index is 13.2. The molecule has 0 saturated heterocycles. The van der Waals surface area contributed by atoms with Gasteiger partial charge in [-0.25, -0.2) is 8.42 Å². The van der Waals surface area contributed by atoms with Crippen LogP contribution in [0.5, 0.6) is 11.5 Å². The predicted octanol–water partition coefficient (Wildman–Crippen LogP) is 3.39. The molecule has 3 N–H and O–H groups in total. The number of methoxy groups -OCH3 is 1. The van der Waals surface area contributed by atoms with E-state index in [0.29, 0.717) is 36.3 Å². The van der Waals surface area contributed by atoms with E-state index >= 15 is 0 Å². The summed E-state index contributed by atoms with van der Waals surface area (Å²) < 4.78 is 40.3. The van der Waals surface area contributed by atoms with E-state index in [-0.39, 0.29) is 16.6 Å². The number of anilines is 2. The van der Waals surface area contributed by atoms with E-state index in [0.717, 1.165) is 31.2 Å². The highest BCUT2D eigenvalue weighted by atomic mass is 32.2. The summed E-state index contributed by atoms with van der Waals surface area (Å²) in [6.45, 7) is 1.12. The van der Waals surface area contributed by atoms with E-state index < -0.39 is 15.4 Å². The normalized spacial score (nSPS) is 18.8. The van der Waals surface area contributed by atoms with Gasteiger partial charge in [0.25, 0.3) is 10.0 Å². The van der Waals surface area contributed by atoms with Crippen molar-refractivity contribution in [3.63, 3.8) is 0 Å². The minimum atomic E-state index is -3.92. The summed E-state index contributed by atoms with van der Waals surface area (Å²) in [6.07, 6.45) is 5.80. The molecule has 0 unspecified atom stereocenters. The van der Waals surface area contributed by atoms with Crippen molar-refractivity contribution in [1.82, 2.24) is 5.32 Å². The zero-order chi connectivity index (χ0) is 23.1. The van der Waals surface area contributed by atoms with Gasteiger partial charge < -0.3 is 20.1 Å². The van der Waals surface area contributed by atoms with Crippen molar-refractivity contribution < 1.29 is 22.7 Å². The maximum Gasteiger partial charge on any atom is 0.265 e. The number of ether oxygens (including phenoxy) is 2. The topological polar surface area (TPSA) is 106 Å². The van der Waals surface area contributed by atoms with Gasteiger partial charge in [0.1, 0.15) is 23.0 Å². The monoisotopic (exact) mass is 471 g/mol. The standard InChI is InChI=1S/C24H29N3O5S/c1-31-19-6-2-3-7-21(19)33(29,30)27-17-14-18-22(26-23(28)24(18)10-4-5-11-24)20(15-17)32-13-12-25-16-8-9-16/h2-3,6-7,14-16,25,27H,4-5,8-13H2,1H3,(H,26,28). The summed E-state index contributed by atoms with van der Waals surface area (Å²) in [5.41, 5.74) is 1.22. The molecular weight excluding hydrogens is 442 g/mol. The quantitative estimate of drug-likeness (QED) is 0.484. The Bertz CT molecular complexity index is 1170. The Morgan fingerprint density at radius 1 is 1.12 bits per heavy atom. The molecule has 3 aliphatic rings. The van der Waals surface area contributed by atoms with Crippen LogP contribution in [-0.4, -0.2) is 40.6 Å². The lowest BCUT2D eigenvalue weighted by Gasteiger charge is -2.22. The zero-order valence-electron chi connectivity index (χ0n) is 18.6. The lowest BCUT2D eigenvalue weighted by molar-refractivity contribution is -0.120. The van der Waals surface area contributed by atoms with Crippen molar-refractivity contribution in [2.75, 3.05) is 30.3 Å². The zero-order valence-corrected chi connectivity index (χ0v) is 19.5. The van der Waals surface area contributed by atoms with Gasteiger partial charge in [0, 0.05) is 18.7 Å². The molecule has 2 saturated carbocycles. The molecule has 1 aliphatic heterocycles. The number of benzene rings is 2. The van der Waals surface area contributed by atoms with Crippen LogP contribution in [0.3, 0.4) is 0 Å². The first-order valence-electron chi connectivity index (χ1n) is 11.4. The first-order chi connectivity index (χ1) is 15.9. The molecule has 2 aliphatic carbocycles. The second-order valence-corrected chi connectivity index (χ2v) is 10.6. The molecule has 5 rings (SSSR count). The fourth-order valence-corrected chi connectivity index (χ4v) is 6.10. The van der Waals surface area contributed by atoms with Crippen LogP contribution in [-0.2, 0) is 20.2 Å². The Hall–Kier alpha value is -2.78. The van der Waals surface area contributed by atoms with Gasteiger partial charge in [-0.05, 0) is 49.4 Å². The molecule has 176 valence electrons. The van der Waals surface area contributed by atoms with E-state index in [2.05, 4.69) is 15.4 Å². The third-order valence-corrected chi connectivity index (χ3v) is 8.15. The van der Waals surface area contributed by atoms with Crippen molar-refractivity contribution in [3.8, 4) is 11.5 Å². The van der Waals surface area contributed by atoms with Crippen LogP contribution in [0, 0.1) is 0 Å². The van der Waals surface area contributed by atoms with Crippen LogP contribution in [0.15, 0.2) is 41.3 Å². The number of carbonyl (C=O) groups excluding carboxylic acids is 1. The SMILES string of the molecule is COc1ccccc1S(=O)(=O)Nc1cc(OCCNC2CC2)c2c(c1)C1(CCCC1)C(=O)N2. The minimum absolute atomic E-state index is 0.0271. The number of amides is 1. The summed E-state index contributed by atoms with van der Waals surface area (Å²) in [5, 5.41) is 6.42. The molecule has 2 aromatic rings. The summed E-state index contributed by atoms with van der Waals surface area (Å²) in [7, 11) is -2.48. The Morgan fingerprint density at radius 3 is 2.61 bits per heavy atom. The summed E-state index contributed by atoms with van der Waals surface area (Å²) in [4.78, 5) is 13.1. The fourth-order valence-electron chi connectivity index (χ4n) is 4.89. The molecular formula is C24H29N3O5S. The average Bonchev–Trinajstić information content (AvgIpc) is 3.42. The fraction of sp³-hybridized carbons (Fsp3) is 0.458. The van der Waals surface area contributed by atoms with Crippen molar-refractivity contribution in [1.29, 1.82) is 0 Å². The highest BCUT2D eigenvalue weighted by molar-refractivity contribution is 7.92. The van der Waals surface area contributed by atoms with Crippen LogP contribution in [0.4, 0.5) is 11.4 Å². The van der Waals surface area contributed by atoms with E-state index in [9.17, 15) is 13.2 Å². The highest BCUT2D eigenvalue weighted by Crippen LogP contribution is 2.52. The first-order valence-corrected chi connectivity index (χ1v) is 12.9. The third kappa shape index (κ3) is 4.15. The van der Waals surface area contributed by atoms with Crippen molar-refractivity contribution in [2.45, 2.75) is 54.9 Å². The molecule has 2 aromatic carbocycles. The van der Waals surface area contributed by atoms with Crippen molar-refractivity contribution in [2.24, 2.45) is 0 Å². The molecule has 8 nitrogen and oxygen atoms in total. The summed E-state index contributed by atoms with van der Waals surface area (Å²) in [6, 6.07) is 10.5. The Balaban J connectivity index is 1.48. The number of hydrogen-bond donors (Lipinski definition) is 3.